The van der Waals surface area contributed by atoms with E-state index < -0.39 is 5.97 Å². The Kier molecular flexibility index (Phi) is 4.56. The van der Waals surface area contributed by atoms with Crippen LogP contribution in [0.1, 0.15) is 12.5 Å². The molecule has 0 unspecified atom stereocenters. The van der Waals surface area contributed by atoms with Gasteiger partial charge in [-0.2, -0.15) is 4.98 Å². The fourth-order valence-corrected chi connectivity index (χ4v) is 2.38. The van der Waals surface area contributed by atoms with Gasteiger partial charge in [0.05, 0.1) is 5.52 Å². The molecule has 0 amide bonds. The van der Waals surface area contributed by atoms with Gasteiger partial charge in [0.1, 0.15) is 12.4 Å². The summed E-state index contributed by atoms with van der Waals surface area (Å²) in [4.78, 5) is 19.7. The standard InChI is InChI=1S/C18H18N4O2/c1-2-12-7-9-13(10-8-12)20-18-21-15-6-4-3-5-14(15)17(22-18)19-11-16(23)24/h3-10H,2,11H2,1H3,(H,23,24)(H2,19,20,21,22). The molecule has 0 saturated carbocycles. The number of para-hydroxylation sites is 1. The maximum atomic E-state index is 10.8. The van der Waals surface area contributed by atoms with Crippen LogP contribution in [0, 0.1) is 0 Å². The Labute approximate surface area is 139 Å². The molecule has 122 valence electrons. The molecule has 1 heterocycles. The minimum atomic E-state index is -0.942. The lowest BCUT2D eigenvalue weighted by Crippen LogP contribution is -2.14. The number of hydrogen-bond acceptors (Lipinski definition) is 5. The Balaban J connectivity index is 1.93. The molecular weight excluding hydrogens is 304 g/mol. The van der Waals surface area contributed by atoms with Crippen molar-refractivity contribution < 1.29 is 9.90 Å². The molecular formula is C18H18N4O2. The van der Waals surface area contributed by atoms with E-state index in [1.807, 2.05) is 48.5 Å². The van der Waals surface area contributed by atoms with Gasteiger partial charge in [-0.05, 0) is 36.2 Å². The molecule has 3 N–H and O–H groups in total. The molecule has 24 heavy (non-hydrogen) atoms. The molecule has 0 aliphatic carbocycles. The number of aryl methyl sites for hydroxylation is 1. The van der Waals surface area contributed by atoms with Crippen LogP contribution in [-0.4, -0.2) is 27.6 Å². The normalized spacial score (nSPS) is 10.5. The van der Waals surface area contributed by atoms with Gasteiger partial charge in [0.15, 0.2) is 0 Å². The van der Waals surface area contributed by atoms with Crippen molar-refractivity contribution in [1.29, 1.82) is 0 Å². The Bertz CT molecular complexity index is 863. The zero-order valence-electron chi connectivity index (χ0n) is 13.3. The van der Waals surface area contributed by atoms with E-state index in [4.69, 9.17) is 5.11 Å². The molecule has 0 bridgehead atoms. The Hall–Kier alpha value is -3.15. The second-order valence-corrected chi connectivity index (χ2v) is 5.34. The molecule has 6 nitrogen and oxygen atoms in total. The van der Waals surface area contributed by atoms with E-state index in [2.05, 4.69) is 27.5 Å². The van der Waals surface area contributed by atoms with Crippen molar-refractivity contribution in [3.63, 3.8) is 0 Å². The van der Waals surface area contributed by atoms with Crippen molar-refractivity contribution in [2.24, 2.45) is 0 Å². The number of carbonyl (C=O) groups is 1. The van der Waals surface area contributed by atoms with Crippen LogP contribution in [-0.2, 0) is 11.2 Å². The van der Waals surface area contributed by atoms with Crippen molar-refractivity contribution >= 4 is 34.3 Å². The maximum Gasteiger partial charge on any atom is 0.322 e. The van der Waals surface area contributed by atoms with Crippen LogP contribution in [0.4, 0.5) is 17.5 Å². The minimum absolute atomic E-state index is 0.203. The third-order valence-corrected chi connectivity index (χ3v) is 3.63. The number of aliphatic carboxylic acids is 1. The van der Waals surface area contributed by atoms with Gasteiger partial charge in [-0.25, -0.2) is 4.98 Å². The lowest BCUT2D eigenvalue weighted by Gasteiger charge is -2.11. The molecule has 0 spiro atoms. The van der Waals surface area contributed by atoms with Crippen molar-refractivity contribution in [2.45, 2.75) is 13.3 Å². The minimum Gasteiger partial charge on any atom is -0.480 e. The van der Waals surface area contributed by atoms with Crippen molar-refractivity contribution in [2.75, 3.05) is 17.2 Å². The van der Waals surface area contributed by atoms with Gasteiger partial charge in [0.25, 0.3) is 0 Å². The number of nitrogens with zero attached hydrogens (tertiary/aromatic N) is 2. The van der Waals surface area contributed by atoms with E-state index in [1.54, 1.807) is 0 Å². The molecule has 0 fully saturated rings. The fraction of sp³-hybridized carbons (Fsp3) is 0.167. The van der Waals surface area contributed by atoms with Crippen LogP contribution < -0.4 is 10.6 Å². The van der Waals surface area contributed by atoms with E-state index in [9.17, 15) is 4.79 Å². The summed E-state index contributed by atoms with van der Waals surface area (Å²) < 4.78 is 0. The summed E-state index contributed by atoms with van der Waals surface area (Å²) in [6.07, 6.45) is 0.982. The smallest absolute Gasteiger partial charge is 0.322 e. The highest BCUT2D eigenvalue weighted by Crippen LogP contribution is 2.23. The first-order chi connectivity index (χ1) is 11.7. The number of aromatic nitrogens is 2. The number of carboxylic acids is 1. The average molecular weight is 322 g/mol. The third-order valence-electron chi connectivity index (χ3n) is 3.63. The molecule has 0 saturated heterocycles. The number of carboxylic acid groups (broad SMARTS) is 1. The van der Waals surface area contributed by atoms with E-state index in [0.717, 1.165) is 23.0 Å². The number of hydrogen-bond donors (Lipinski definition) is 3. The Morgan fingerprint density at radius 1 is 1.08 bits per heavy atom. The Morgan fingerprint density at radius 2 is 1.83 bits per heavy atom. The van der Waals surface area contributed by atoms with Gasteiger partial charge in [0.2, 0.25) is 5.95 Å². The molecule has 0 aliphatic rings. The lowest BCUT2D eigenvalue weighted by molar-refractivity contribution is -0.134. The largest absolute Gasteiger partial charge is 0.480 e. The van der Waals surface area contributed by atoms with Crippen LogP contribution in [0.2, 0.25) is 0 Å². The number of rotatable bonds is 6. The first-order valence-corrected chi connectivity index (χ1v) is 7.74. The maximum absolute atomic E-state index is 10.8. The van der Waals surface area contributed by atoms with Crippen molar-refractivity contribution in [3.8, 4) is 0 Å². The van der Waals surface area contributed by atoms with E-state index in [0.29, 0.717) is 11.8 Å². The van der Waals surface area contributed by atoms with Crippen LogP contribution >= 0.6 is 0 Å². The molecule has 1 aromatic heterocycles. The van der Waals surface area contributed by atoms with Crippen LogP contribution in [0.25, 0.3) is 10.9 Å². The van der Waals surface area contributed by atoms with Crippen LogP contribution in [0.3, 0.4) is 0 Å². The van der Waals surface area contributed by atoms with Crippen LogP contribution in [0.15, 0.2) is 48.5 Å². The second-order valence-electron chi connectivity index (χ2n) is 5.34. The monoisotopic (exact) mass is 322 g/mol. The predicted molar refractivity (Wildman–Crippen MR) is 94.8 cm³/mol. The summed E-state index contributed by atoms with van der Waals surface area (Å²) in [6, 6.07) is 15.5. The van der Waals surface area contributed by atoms with Gasteiger partial charge in [0, 0.05) is 11.1 Å². The number of fused-ring (bicyclic) bond motifs is 1. The van der Waals surface area contributed by atoms with Gasteiger partial charge in [-0.3, -0.25) is 4.79 Å². The first kappa shape index (κ1) is 15.7. The number of anilines is 3. The first-order valence-electron chi connectivity index (χ1n) is 7.74. The molecule has 2 aromatic carbocycles. The number of benzene rings is 2. The Morgan fingerprint density at radius 3 is 2.54 bits per heavy atom. The van der Waals surface area contributed by atoms with Crippen molar-refractivity contribution in [3.05, 3.63) is 54.1 Å². The molecule has 3 rings (SSSR count). The van der Waals surface area contributed by atoms with E-state index in [1.165, 1.54) is 5.56 Å². The van der Waals surface area contributed by atoms with Crippen LogP contribution in [0.5, 0.6) is 0 Å². The predicted octanol–water partition coefficient (Wildman–Crippen LogP) is 3.43. The molecule has 0 atom stereocenters. The topological polar surface area (TPSA) is 87.1 Å². The average Bonchev–Trinajstić information content (AvgIpc) is 2.60. The van der Waals surface area contributed by atoms with Gasteiger partial charge in [-0.15, -0.1) is 0 Å². The molecule has 0 radical (unpaired) electrons. The number of nitrogens with one attached hydrogen (secondary N) is 2. The molecule has 0 aliphatic heterocycles. The summed E-state index contributed by atoms with van der Waals surface area (Å²) in [5.74, 6) is -0.0242. The third kappa shape index (κ3) is 3.60. The van der Waals surface area contributed by atoms with Gasteiger partial charge < -0.3 is 15.7 Å². The van der Waals surface area contributed by atoms with Gasteiger partial charge >= 0.3 is 5.97 Å². The second kappa shape index (κ2) is 6.95. The van der Waals surface area contributed by atoms with E-state index in [-0.39, 0.29) is 6.54 Å². The summed E-state index contributed by atoms with van der Waals surface area (Å²) in [7, 11) is 0. The quantitative estimate of drug-likeness (QED) is 0.644. The van der Waals surface area contributed by atoms with E-state index >= 15 is 0 Å². The molecule has 6 heteroatoms. The summed E-state index contributed by atoms with van der Waals surface area (Å²) >= 11 is 0. The highest BCUT2D eigenvalue weighted by Gasteiger charge is 2.09. The SMILES string of the molecule is CCc1ccc(Nc2nc(NCC(=O)O)c3ccccc3n2)cc1. The zero-order valence-corrected chi connectivity index (χ0v) is 13.3. The molecule has 3 aromatic rings. The highest BCUT2D eigenvalue weighted by atomic mass is 16.4. The zero-order chi connectivity index (χ0) is 16.9. The fourth-order valence-electron chi connectivity index (χ4n) is 2.38. The van der Waals surface area contributed by atoms with Gasteiger partial charge in [-0.1, -0.05) is 31.2 Å². The summed E-state index contributed by atoms with van der Waals surface area (Å²) in [5.41, 5.74) is 2.88. The summed E-state index contributed by atoms with van der Waals surface area (Å²) in [6.45, 7) is 1.90. The van der Waals surface area contributed by atoms with Crippen molar-refractivity contribution in [1.82, 2.24) is 9.97 Å². The summed E-state index contributed by atoms with van der Waals surface area (Å²) in [5, 5.41) is 15.7. The highest BCUT2D eigenvalue weighted by molar-refractivity contribution is 5.91. The lowest BCUT2D eigenvalue weighted by atomic mass is 10.1.